The van der Waals surface area contributed by atoms with Crippen molar-refractivity contribution in [3.63, 3.8) is 0 Å². The van der Waals surface area contributed by atoms with Crippen molar-refractivity contribution in [3.05, 3.63) is 64.7 Å². The van der Waals surface area contributed by atoms with Gasteiger partial charge < -0.3 is 0 Å². The van der Waals surface area contributed by atoms with Gasteiger partial charge in [-0.3, -0.25) is 0 Å². The number of nitriles is 1. The molecule has 102 valence electrons. The van der Waals surface area contributed by atoms with Gasteiger partial charge in [-0.2, -0.15) is 10.1 Å². The zero-order chi connectivity index (χ0) is 14.7. The molecule has 1 heterocycles. The largest absolute Gasteiger partial charge is 0.204 e. The number of aromatic nitrogens is 4. The summed E-state index contributed by atoms with van der Waals surface area (Å²) in [7, 11) is 0. The molecule has 0 aliphatic heterocycles. The first kappa shape index (κ1) is 13.3. The normalized spacial score (nSPS) is 10.3. The summed E-state index contributed by atoms with van der Waals surface area (Å²) in [5.41, 5.74) is 2.32. The molecule has 0 radical (unpaired) electrons. The highest BCUT2D eigenvalue weighted by Crippen LogP contribution is 2.17. The Hall–Kier alpha value is -2.71. The first-order valence-corrected chi connectivity index (χ1v) is 6.66. The molecule has 5 nitrogen and oxygen atoms in total. The van der Waals surface area contributed by atoms with Gasteiger partial charge in [0.05, 0.1) is 18.2 Å². The van der Waals surface area contributed by atoms with Crippen LogP contribution in [0, 0.1) is 11.3 Å². The lowest BCUT2D eigenvalue weighted by atomic mass is 10.1. The maximum Gasteiger partial charge on any atom is 0.204 e. The van der Waals surface area contributed by atoms with Crippen LogP contribution >= 0.6 is 11.6 Å². The second kappa shape index (κ2) is 5.73. The maximum absolute atomic E-state index is 9.08. The molecule has 1 aromatic heterocycles. The van der Waals surface area contributed by atoms with Crippen molar-refractivity contribution in [3.8, 4) is 17.5 Å². The fourth-order valence-corrected chi connectivity index (χ4v) is 2.07. The SMILES string of the molecule is N#Cc1ccccc1Cn1nnc(-c2ccc(Cl)cc2)n1. The lowest BCUT2D eigenvalue weighted by molar-refractivity contribution is 0.572. The van der Waals surface area contributed by atoms with Crippen molar-refractivity contribution in [2.45, 2.75) is 6.54 Å². The van der Waals surface area contributed by atoms with Crippen LogP contribution in [-0.4, -0.2) is 20.2 Å². The average molecular weight is 296 g/mol. The minimum Gasteiger partial charge on any atom is -0.192 e. The molecule has 0 spiro atoms. The molecule has 6 heteroatoms. The van der Waals surface area contributed by atoms with Crippen LogP contribution in [0.4, 0.5) is 0 Å². The van der Waals surface area contributed by atoms with E-state index in [1.807, 2.05) is 30.3 Å². The monoisotopic (exact) mass is 295 g/mol. The summed E-state index contributed by atoms with van der Waals surface area (Å²) in [4.78, 5) is 1.47. The molecule has 0 unspecified atom stereocenters. The zero-order valence-corrected chi connectivity index (χ0v) is 11.7. The number of rotatable bonds is 3. The summed E-state index contributed by atoms with van der Waals surface area (Å²) in [5.74, 6) is 0.529. The Kier molecular flexibility index (Phi) is 3.63. The standard InChI is InChI=1S/C15H10ClN5/c16-14-7-5-11(6-8-14)15-18-20-21(19-15)10-13-4-2-1-3-12(13)9-17/h1-8H,10H2. The predicted octanol–water partition coefficient (Wildman–Crippen LogP) is 2.91. The second-order valence-electron chi connectivity index (χ2n) is 4.42. The Balaban J connectivity index is 1.86. The Labute approximate surface area is 126 Å². The van der Waals surface area contributed by atoms with Gasteiger partial charge in [-0.15, -0.1) is 10.2 Å². The molecule has 0 aliphatic carbocycles. The van der Waals surface area contributed by atoms with Crippen LogP contribution in [0.5, 0.6) is 0 Å². The third kappa shape index (κ3) is 2.91. The van der Waals surface area contributed by atoms with Gasteiger partial charge >= 0.3 is 0 Å². The maximum atomic E-state index is 9.08. The summed E-state index contributed by atoms with van der Waals surface area (Å²) in [6, 6.07) is 16.8. The van der Waals surface area contributed by atoms with Crippen molar-refractivity contribution >= 4 is 11.6 Å². The lowest BCUT2D eigenvalue weighted by Gasteiger charge is -2.01. The second-order valence-corrected chi connectivity index (χ2v) is 4.86. The molecule has 0 N–H and O–H groups in total. The third-order valence-electron chi connectivity index (χ3n) is 3.00. The van der Waals surface area contributed by atoms with E-state index in [-0.39, 0.29) is 0 Å². The number of hydrogen-bond donors (Lipinski definition) is 0. The first-order valence-electron chi connectivity index (χ1n) is 6.28. The van der Waals surface area contributed by atoms with E-state index in [1.165, 1.54) is 4.80 Å². The predicted molar refractivity (Wildman–Crippen MR) is 78.5 cm³/mol. The lowest BCUT2D eigenvalue weighted by Crippen LogP contribution is -2.05. The van der Waals surface area contributed by atoms with Gasteiger partial charge in [0.15, 0.2) is 0 Å². The van der Waals surface area contributed by atoms with E-state index >= 15 is 0 Å². The molecule has 3 rings (SSSR count). The molecule has 0 fully saturated rings. The van der Waals surface area contributed by atoms with Gasteiger partial charge in [0.2, 0.25) is 5.82 Å². The van der Waals surface area contributed by atoms with E-state index in [9.17, 15) is 0 Å². The summed E-state index contributed by atoms with van der Waals surface area (Å²) in [6.45, 7) is 0.407. The van der Waals surface area contributed by atoms with Crippen molar-refractivity contribution in [1.29, 1.82) is 5.26 Å². The molecule has 0 bridgehead atoms. The van der Waals surface area contributed by atoms with Gasteiger partial charge in [-0.1, -0.05) is 29.8 Å². The average Bonchev–Trinajstić information content (AvgIpc) is 2.97. The number of halogens is 1. The third-order valence-corrected chi connectivity index (χ3v) is 3.26. The Morgan fingerprint density at radius 2 is 1.86 bits per heavy atom. The topological polar surface area (TPSA) is 67.4 Å². The fraction of sp³-hybridized carbons (Fsp3) is 0.0667. The van der Waals surface area contributed by atoms with Crippen LogP contribution in [0.3, 0.4) is 0 Å². The summed E-state index contributed by atoms with van der Waals surface area (Å²) in [5, 5.41) is 22.1. The van der Waals surface area contributed by atoms with Crippen LogP contribution in [0.15, 0.2) is 48.5 Å². The zero-order valence-electron chi connectivity index (χ0n) is 10.9. The molecule has 0 saturated carbocycles. The molecule has 3 aromatic rings. The van der Waals surface area contributed by atoms with E-state index in [2.05, 4.69) is 21.5 Å². The van der Waals surface area contributed by atoms with Gasteiger partial charge in [-0.05, 0) is 41.1 Å². The van der Waals surface area contributed by atoms with E-state index in [0.717, 1.165) is 11.1 Å². The first-order chi connectivity index (χ1) is 10.3. The van der Waals surface area contributed by atoms with E-state index in [4.69, 9.17) is 16.9 Å². The van der Waals surface area contributed by atoms with Crippen LogP contribution in [0.1, 0.15) is 11.1 Å². The molecule has 0 aliphatic rings. The molecule has 21 heavy (non-hydrogen) atoms. The minimum atomic E-state index is 0.407. The molecular formula is C15H10ClN5. The number of nitrogens with zero attached hydrogens (tertiary/aromatic N) is 5. The van der Waals surface area contributed by atoms with Crippen molar-refractivity contribution < 1.29 is 0 Å². The number of benzene rings is 2. The number of tetrazole rings is 1. The molecule has 0 amide bonds. The van der Waals surface area contributed by atoms with Gasteiger partial charge in [-0.25, -0.2) is 0 Å². The quantitative estimate of drug-likeness (QED) is 0.745. The van der Waals surface area contributed by atoms with Crippen molar-refractivity contribution in [2.75, 3.05) is 0 Å². The summed E-state index contributed by atoms with van der Waals surface area (Å²) in [6.07, 6.45) is 0. The fourth-order valence-electron chi connectivity index (χ4n) is 1.94. The summed E-state index contributed by atoms with van der Waals surface area (Å²) < 4.78 is 0. The van der Waals surface area contributed by atoms with E-state index in [0.29, 0.717) is 23.0 Å². The van der Waals surface area contributed by atoms with E-state index < -0.39 is 0 Å². The highest BCUT2D eigenvalue weighted by atomic mass is 35.5. The summed E-state index contributed by atoms with van der Waals surface area (Å²) >= 11 is 5.85. The Morgan fingerprint density at radius 1 is 1.10 bits per heavy atom. The Morgan fingerprint density at radius 3 is 2.62 bits per heavy atom. The molecule has 2 aromatic carbocycles. The smallest absolute Gasteiger partial charge is 0.192 e. The van der Waals surface area contributed by atoms with Crippen LogP contribution in [-0.2, 0) is 6.54 Å². The van der Waals surface area contributed by atoms with Crippen molar-refractivity contribution in [2.24, 2.45) is 0 Å². The van der Waals surface area contributed by atoms with Gasteiger partial charge in [0.1, 0.15) is 0 Å². The highest BCUT2D eigenvalue weighted by Gasteiger charge is 2.08. The van der Waals surface area contributed by atoms with Gasteiger partial charge in [0.25, 0.3) is 0 Å². The highest BCUT2D eigenvalue weighted by molar-refractivity contribution is 6.30. The van der Waals surface area contributed by atoms with Crippen LogP contribution in [0.25, 0.3) is 11.4 Å². The van der Waals surface area contributed by atoms with Crippen LogP contribution < -0.4 is 0 Å². The van der Waals surface area contributed by atoms with E-state index in [1.54, 1.807) is 18.2 Å². The van der Waals surface area contributed by atoms with Crippen LogP contribution in [0.2, 0.25) is 5.02 Å². The molecular weight excluding hydrogens is 286 g/mol. The molecule has 0 saturated heterocycles. The number of hydrogen-bond acceptors (Lipinski definition) is 4. The van der Waals surface area contributed by atoms with Gasteiger partial charge in [0, 0.05) is 10.6 Å². The Bertz CT molecular complexity index is 801. The minimum absolute atomic E-state index is 0.407. The molecule has 0 atom stereocenters. The van der Waals surface area contributed by atoms with Crippen molar-refractivity contribution in [1.82, 2.24) is 20.2 Å².